The maximum atomic E-state index is 12.5. The highest BCUT2D eigenvalue weighted by atomic mass is 16.6. The van der Waals surface area contributed by atoms with Crippen molar-refractivity contribution in [1.82, 2.24) is 4.90 Å². The molecule has 3 rings (SSSR count). The molecule has 0 saturated heterocycles. The normalized spacial score (nSPS) is 21.2. The fraction of sp³-hybridized carbons (Fsp3) is 0.391. The summed E-state index contributed by atoms with van der Waals surface area (Å²) in [5.41, 5.74) is 5.58. The van der Waals surface area contributed by atoms with E-state index in [2.05, 4.69) is 18.2 Å². The van der Waals surface area contributed by atoms with Crippen molar-refractivity contribution in [1.29, 1.82) is 15.8 Å². The zero-order valence-corrected chi connectivity index (χ0v) is 18.1. The van der Waals surface area contributed by atoms with Gasteiger partial charge in [-0.15, -0.1) is 0 Å². The first kappa shape index (κ1) is 22.5. The predicted molar refractivity (Wildman–Crippen MR) is 113 cm³/mol. The van der Waals surface area contributed by atoms with E-state index in [-0.39, 0.29) is 31.0 Å². The minimum absolute atomic E-state index is 0.0970. The Morgan fingerprint density at radius 2 is 1.97 bits per heavy atom. The monoisotopic (exact) mass is 433 g/mol. The molecular formula is C23H23N5O4. The van der Waals surface area contributed by atoms with E-state index in [4.69, 9.17) is 19.9 Å². The molecule has 164 valence electrons. The summed E-state index contributed by atoms with van der Waals surface area (Å²) in [6.07, 6.45) is 1.22. The number of nitriles is 3. The number of hydrogen-bond acceptors (Lipinski definition) is 8. The van der Waals surface area contributed by atoms with Crippen molar-refractivity contribution in [3.05, 3.63) is 46.7 Å². The first-order valence-electron chi connectivity index (χ1n) is 9.99. The van der Waals surface area contributed by atoms with Gasteiger partial charge in [0.15, 0.2) is 16.9 Å². The Hall–Kier alpha value is -4.16. The standard InChI is InChI=1S/C23H23N5O4/c1-4-32-22(29)28-9-8-14-16(10-24)21(27)23(12-25,13-26)19(17(14)11-28)15-6-5-7-18(30-2)20(15)31-3/h5-8,17,19H,4,9,11,27H2,1-3H3/t17-,19+/m1/s1. The van der Waals surface area contributed by atoms with Gasteiger partial charge in [-0.05, 0) is 18.6 Å². The van der Waals surface area contributed by atoms with Gasteiger partial charge in [-0.2, -0.15) is 15.8 Å². The first-order valence-corrected chi connectivity index (χ1v) is 9.99. The van der Waals surface area contributed by atoms with Gasteiger partial charge < -0.3 is 24.8 Å². The third-order valence-corrected chi connectivity index (χ3v) is 5.96. The zero-order valence-electron chi connectivity index (χ0n) is 18.1. The van der Waals surface area contributed by atoms with Crippen LogP contribution >= 0.6 is 0 Å². The van der Waals surface area contributed by atoms with Crippen molar-refractivity contribution >= 4 is 6.09 Å². The van der Waals surface area contributed by atoms with E-state index in [0.29, 0.717) is 22.6 Å². The van der Waals surface area contributed by atoms with Crippen molar-refractivity contribution < 1.29 is 19.0 Å². The van der Waals surface area contributed by atoms with Crippen LogP contribution in [0, 0.1) is 45.3 Å². The van der Waals surface area contributed by atoms with E-state index in [9.17, 15) is 20.6 Å². The summed E-state index contributed by atoms with van der Waals surface area (Å²) in [7, 11) is 2.95. The van der Waals surface area contributed by atoms with Crippen LogP contribution in [-0.4, -0.2) is 44.9 Å². The quantitative estimate of drug-likeness (QED) is 0.762. The van der Waals surface area contributed by atoms with E-state index in [0.717, 1.165) is 0 Å². The van der Waals surface area contributed by atoms with Gasteiger partial charge in [0.05, 0.1) is 44.2 Å². The van der Waals surface area contributed by atoms with E-state index in [1.54, 1.807) is 31.2 Å². The number of ether oxygens (including phenoxy) is 3. The summed E-state index contributed by atoms with van der Waals surface area (Å²) in [5.74, 6) is -0.624. The highest BCUT2D eigenvalue weighted by molar-refractivity contribution is 5.70. The summed E-state index contributed by atoms with van der Waals surface area (Å²) in [4.78, 5) is 13.9. The van der Waals surface area contributed by atoms with Crippen LogP contribution in [0.15, 0.2) is 41.1 Å². The van der Waals surface area contributed by atoms with Gasteiger partial charge in [0.25, 0.3) is 0 Å². The molecule has 0 saturated carbocycles. The van der Waals surface area contributed by atoms with E-state index in [1.807, 2.05) is 0 Å². The van der Waals surface area contributed by atoms with Gasteiger partial charge >= 0.3 is 6.09 Å². The number of nitrogens with two attached hydrogens (primary N) is 1. The van der Waals surface area contributed by atoms with Crippen LogP contribution < -0.4 is 15.2 Å². The van der Waals surface area contributed by atoms with Crippen LogP contribution in [0.25, 0.3) is 0 Å². The molecule has 1 heterocycles. The molecule has 1 aromatic rings. The third-order valence-electron chi connectivity index (χ3n) is 5.96. The Balaban J connectivity index is 2.32. The van der Waals surface area contributed by atoms with Gasteiger partial charge in [0.2, 0.25) is 0 Å². The number of rotatable bonds is 4. The Bertz CT molecular complexity index is 1100. The van der Waals surface area contributed by atoms with Gasteiger partial charge in [-0.25, -0.2) is 4.79 Å². The molecule has 0 spiro atoms. The summed E-state index contributed by atoms with van der Waals surface area (Å²) in [5, 5.41) is 30.2. The van der Waals surface area contributed by atoms with Crippen LogP contribution in [0.2, 0.25) is 0 Å². The molecule has 2 atom stereocenters. The number of para-hydroxylation sites is 1. The van der Waals surface area contributed by atoms with Crippen molar-refractivity contribution in [2.45, 2.75) is 12.8 Å². The highest BCUT2D eigenvalue weighted by Gasteiger charge is 2.55. The Morgan fingerprint density at radius 1 is 1.25 bits per heavy atom. The molecular weight excluding hydrogens is 410 g/mol. The Labute approximate surface area is 186 Å². The predicted octanol–water partition coefficient (Wildman–Crippen LogP) is 2.59. The maximum absolute atomic E-state index is 12.5. The van der Waals surface area contributed by atoms with Crippen LogP contribution in [-0.2, 0) is 4.74 Å². The van der Waals surface area contributed by atoms with Crippen LogP contribution in [0.5, 0.6) is 11.5 Å². The summed E-state index contributed by atoms with van der Waals surface area (Å²) >= 11 is 0. The number of carbonyl (C=O) groups is 1. The molecule has 0 aromatic heterocycles. The number of fused-ring (bicyclic) bond motifs is 1. The molecule has 1 aliphatic carbocycles. The molecule has 9 heteroatoms. The number of allylic oxidation sites excluding steroid dienone is 2. The van der Waals surface area contributed by atoms with Crippen LogP contribution in [0.4, 0.5) is 4.79 Å². The second kappa shape index (κ2) is 8.91. The second-order valence-electron chi connectivity index (χ2n) is 7.36. The topological polar surface area (TPSA) is 145 Å². The van der Waals surface area contributed by atoms with Gasteiger partial charge in [0.1, 0.15) is 6.07 Å². The SMILES string of the molecule is CCOC(=O)N1CC=C2C(C#N)=C(N)C(C#N)(C#N)[C@@H](c3cccc(OC)c3OC)[C@@H]2C1. The molecule has 2 N–H and O–H groups in total. The second-order valence-corrected chi connectivity index (χ2v) is 7.36. The number of hydrogen-bond donors (Lipinski definition) is 1. The number of amides is 1. The van der Waals surface area contributed by atoms with Crippen molar-refractivity contribution in [3.63, 3.8) is 0 Å². The molecule has 1 aromatic carbocycles. The average Bonchev–Trinajstić information content (AvgIpc) is 2.82. The summed E-state index contributed by atoms with van der Waals surface area (Å²) in [6.45, 7) is 2.28. The van der Waals surface area contributed by atoms with Gasteiger partial charge in [-0.1, -0.05) is 18.2 Å². The zero-order chi connectivity index (χ0) is 23.5. The number of nitrogens with zero attached hydrogens (tertiary/aromatic N) is 4. The summed E-state index contributed by atoms with van der Waals surface area (Å²) < 4.78 is 16.2. The van der Waals surface area contributed by atoms with Crippen molar-refractivity contribution in [2.24, 2.45) is 17.1 Å². The fourth-order valence-corrected chi connectivity index (χ4v) is 4.54. The fourth-order valence-electron chi connectivity index (χ4n) is 4.54. The third kappa shape index (κ3) is 3.27. The molecule has 9 nitrogen and oxygen atoms in total. The van der Waals surface area contributed by atoms with E-state index < -0.39 is 23.3 Å². The molecule has 0 radical (unpaired) electrons. The Kier molecular flexibility index (Phi) is 6.27. The lowest BCUT2D eigenvalue weighted by molar-refractivity contribution is 0.0997. The minimum atomic E-state index is -1.86. The lowest BCUT2D eigenvalue weighted by Gasteiger charge is -2.45. The lowest BCUT2D eigenvalue weighted by Crippen LogP contribution is -2.49. The molecule has 2 aliphatic rings. The maximum Gasteiger partial charge on any atom is 0.410 e. The van der Waals surface area contributed by atoms with E-state index >= 15 is 0 Å². The highest BCUT2D eigenvalue weighted by Crippen LogP contribution is 2.56. The average molecular weight is 433 g/mol. The minimum Gasteiger partial charge on any atom is -0.493 e. The number of benzene rings is 1. The summed E-state index contributed by atoms with van der Waals surface area (Å²) in [6, 6.07) is 11.4. The smallest absolute Gasteiger partial charge is 0.410 e. The molecule has 32 heavy (non-hydrogen) atoms. The van der Waals surface area contributed by atoms with Crippen LogP contribution in [0.1, 0.15) is 18.4 Å². The number of methoxy groups -OCH3 is 2. The first-order chi connectivity index (χ1) is 15.4. The lowest BCUT2D eigenvalue weighted by atomic mass is 9.58. The molecule has 1 amide bonds. The van der Waals surface area contributed by atoms with Gasteiger partial charge in [0, 0.05) is 30.5 Å². The molecule has 0 bridgehead atoms. The molecule has 1 aliphatic heterocycles. The van der Waals surface area contributed by atoms with Crippen LogP contribution in [0.3, 0.4) is 0 Å². The Morgan fingerprint density at radius 3 is 2.53 bits per heavy atom. The van der Waals surface area contributed by atoms with E-state index in [1.165, 1.54) is 19.1 Å². The molecule has 0 fully saturated rings. The molecule has 0 unspecified atom stereocenters. The van der Waals surface area contributed by atoms with Gasteiger partial charge in [-0.3, -0.25) is 0 Å². The largest absolute Gasteiger partial charge is 0.493 e. The number of carbonyl (C=O) groups excluding carboxylic acids is 1. The van der Waals surface area contributed by atoms with Crippen molar-refractivity contribution in [2.75, 3.05) is 33.9 Å². The van der Waals surface area contributed by atoms with Crippen molar-refractivity contribution in [3.8, 4) is 29.7 Å².